The summed E-state index contributed by atoms with van der Waals surface area (Å²) >= 11 is 0. The van der Waals surface area contributed by atoms with Gasteiger partial charge in [-0.3, -0.25) is 14.3 Å². The first kappa shape index (κ1) is 20.0. The van der Waals surface area contributed by atoms with Gasteiger partial charge in [-0.05, 0) is 50.5 Å². The smallest absolute Gasteiger partial charge is 0.314 e. The van der Waals surface area contributed by atoms with Gasteiger partial charge in [0.15, 0.2) is 0 Å². The molecule has 2 atom stereocenters. The van der Waals surface area contributed by atoms with Gasteiger partial charge in [0, 0.05) is 19.6 Å². The third-order valence-corrected chi connectivity index (χ3v) is 5.35. The van der Waals surface area contributed by atoms with E-state index in [0.717, 1.165) is 0 Å². The molecule has 0 saturated carbocycles. The Kier molecular flexibility index (Phi) is 5.51. The number of aryl methyl sites for hydroxylation is 2. The number of rotatable bonds is 5. The Hall–Kier alpha value is -2.74. The van der Waals surface area contributed by atoms with Gasteiger partial charge < -0.3 is 15.1 Å². The van der Waals surface area contributed by atoms with Crippen molar-refractivity contribution in [2.24, 2.45) is 5.41 Å². The Morgan fingerprint density at radius 3 is 2.61 bits per heavy atom. The molecule has 1 amide bonds. The summed E-state index contributed by atoms with van der Waals surface area (Å²) in [4.78, 5) is 26.7. The lowest BCUT2D eigenvalue weighted by Crippen LogP contribution is -2.58. The summed E-state index contributed by atoms with van der Waals surface area (Å²) in [6.07, 6.45) is -0.963. The van der Waals surface area contributed by atoms with E-state index in [0.29, 0.717) is 23.5 Å². The Morgan fingerprint density at radius 1 is 1.32 bits per heavy atom. The van der Waals surface area contributed by atoms with Gasteiger partial charge in [0.25, 0.3) is 5.91 Å². The molecule has 0 spiro atoms. The van der Waals surface area contributed by atoms with Crippen LogP contribution in [0.2, 0.25) is 0 Å². The molecule has 1 saturated heterocycles. The lowest BCUT2D eigenvalue weighted by atomic mass is 9.72. The number of carboxylic acids is 1. The molecule has 2 aromatic rings. The summed E-state index contributed by atoms with van der Waals surface area (Å²) in [6, 6.07) is 7.20. The van der Waals surface area contributed by atoms with Crippen LogP contribution in [-0.4, -0.2) is 56.0 Å². The van der Waals surface area contributed by atoms with Gasteiger partial charge in [-0.15, -0.1) is 0 Å². The average Bonchev–Trinajstić information content (AvgIpc) is 3.05. The molecule has 7 nitrogen and oxygen atoms in total. The highest BCUT2D eigenvalue weighted by Gasteiger charge is 2.50. The fourth-order valence-electron chi connectivity index (χ4n) is 3.80. The van der Waals surface area contributed by atoms with Crippen molar-refractivity contribution in [2.75, 3.05) is 13.1 Å². The highest BCUT2D eigenvalue weighted by atomic mass is 19.1. The number of piperidine rings is 1. The SMILES string of the molecule is CCn1nc(C)cc1C(=O)N1CC[C@@H](O)[C@](Cc2ccc(F)cc2)(C(=O)O)C1. The van der Waals surface area contributed by atoms with E-state index in [2.05, 4.69) is 5.10 Å². The summed E-state index contributed by atoms with van der Waals surface area (Å²) in [5, 5.41) is 24.8. The van der Waals surface area contributed by atoms with Crippen molar-refractivity contribution in [3.05, 3.63) is 53.1 Å². The number of carboxylic acid groups (broad SMARTS) is 1. The van der Waals surface area contributed by atoms with E-state index in [1.807, 2.05) is 6.92 Å². The van der Waals surface area contributed by atoms with E-state index in [1.54, 1.807) is 17.7 Å². The summed E-state index contributed by atoms with van der Waals surface area (Å²) < 4.78 is 14.8. The molecular formula is C20H24FN3O4. The van der Waals surface area contributed by atoms with Crippen LogP contribution in [0.25, 0.3) is 0 Å². The van der Waals surface area contributed by atoms with Crippen LogP contribution in [0.5, 0.6) is 0 Å². The summed E-state index contributed by atoms with van der Waals surface area (Å²) in [6.45, 7) is 4.31. The molecule has 150 valence electrons. The average molecular weight is 389 g/mol. The summed E-state index contributed by atoms with van der Waals surface area (Å²) in [5.41, 5.74) is 0.139. The molecule has 0 aliphatic carbocycles. The van der Waals surface area contributed by atoms with Crippen molar-refractivity contribution in [1.29, 1.82) is 0 Å². The quantitative estimate of drug-likeness (QED) is 0.814. The zero-order chi connectivity index (χ0) is 20.5. The number of benzene rings is 1. The molecule has 28 heavy (non-hydrogen) atoms. The van der Waals surface area contributed by atoms with Crippen LogP contribution in [0.1, 0.15) is 35.1 Å². The zero-order valence-corrected chi connectivity index (χ0v) is 15.9. The first-order chi connectivity index (χ1) is 13.3. The molecule has 3 rings (SSSR count). The van der Waals surface area contributed by atoms with E-state index in [1.165, 1.54) is 29.2 Å². The molecule has 0 unspecified atom stereocenters. The number of carbonyl (C=O) groups is 2. The largest absolute Gasteiger partial charge is 0.481 e. The molecule has 1 aromatic heterocycles. The van der Waals surface area contributed by atoms with Crippen molar-refractivity contribution < 1.29 is 24.2 Å². The van der Waals surface area contributed by atoms with Crippen LogP contribution >= 0.6 is 0 Å². The number of likely N-dealkylation sites (tertiary alicyclic amines) is 1. The van der Waals surface area contributed by atoms with Gasteiger partial charge in [-0.2, -0.15) is 5.10 Å². The van der Waals surface area contributed by atoms with Crippen LogP contribution < -0.4 is 0 Å². The third kappa shape index (κ3) is 3.64. The maximum absolute atomic E-state index is 13.2. The number of carbonyl (C=O) groups excluding carboxylic acids is 1. The molecule has 2 N–H and O–H groups in total. The van der Waals surface area contributed by atoms with Gasteiger partial charge in [0.1, 0.15) is 16.9 Å². The van der Waals surface area contributed by atoms with Crippen molar-refractivity contribution >= 4 is 11.9 Å². The number of amides is 1. The molecule has 0 radical (unpaired) electrons. The lowest BCUT2D eigenvalue weighted by Gasteiger charge is -2.43. The minimum Gasteiger partial charge on any atom is -0.481 e. The summed E-state index contributed by atoms with van der Waals surface area (Å²) in [7, 11) is 0. The second kappa shape index (κ2) is 7.71. The van der Waals surface area contributed by atoms with Gasteiger partial charge in [-0.25, -0.2) is 4.39 Å². The predicted octanol–water partition coefficient (Wildman–Crippen LogP) is 1.87. The number of hydrogen-bond donors (Lipinski definition) is 2. The number of nitrogens with zero attached hydrogens (tertiary/aromatic N) is 3. The molecule has 2 heterocycles. The Balaban J connectivity index is 1.91. The minimum atomic E-state index is -1.56. The third-order valence-electron chi connectivity index (χ3n) is 5.35. The predicted molar refractivity (Wildman–Crippen MR) is 99.3 cm³/mol. The summed E-state index contributed by atoms with van der Waals surface area (Å²) in [5.74, 6) is -1.90. The highest BCUT2D eigenvalue weighted by Crippen LogP contribution is 2.35. The molecular weight excluding hydrogens is 365 g/mol. The van der Waals surface area contributed by atoms with Crippen LogP contribution in [0.15, 0.2) is 30.3 Å². The van der Waals surface area contributed by atoms with Crippen LogP contribution in [-0.2, 0) is 17.8 Å². The molecule has 1 aliphatic rings. The molecule has 1 aliphatic heterocycles. The van der Waals surface area contributed by atoms with Crippen molar-refractivity contribution in [3.63, 3.8) is 0 Å². The molecule has 8 heteroatoms. The molecule has 1 fully saturated rings. The normalized spacial score (nSPS) is 22.3. The maximum atomic E-state index is 13.2. The van der Waals surface area contributed by atoms with Crippen LogP contribution in [0, 0.1) is 18.2 Å². The standard InChI is InChI=1S/C20H24FN3O4/c1-3-24-16(10-13(2)22-24)18(26)23-9-8-17(25)20(12-23,19(27)28)11-14-4-6-15(21)7-5-14/h4-7,10,17,25H,3,8-9,11-12H2,1-2H3,(H,27,28)/t17-,20-/m1/s1. The number of aliphatic carboxylic acids is 1. The van der Waals surface area contributed by atoms with Gasteiger partial charge >= 0.3 is 5.97 Å². The first-order valence-corrected chi connectivity index (χ1v) is 9.26. The fourth-order valence-corrected chi connectivity index (χ4v) is 3.80. The Labute approximate surface area is 162 Å². The second-order valence-corrected chi connectivity index (χ2v) is 7.28. The van der Waals surface area contributed by atoms with E-state index in [4.69, 9.17) is 0 Å². The number of aliphatic hydroxyl groups is 1. The Morgan fingerprint density at radius 2 is 2.00 bits per heavy atom. The number of aliphatic hydroxyl groups excluding tert-OH is 1. The van der Waals surface area contributed by atoms with Crippen molar-refractivity contribution in [1.82, 2.24) is 14.7 Å². The van der Waals surface area contributed by atoms with Crippen LogP contribution in [0.3, 0.4) is 0 Å². The first-order valence-electron chi connectivity index (χ1n) is 9.26. The van der Waals surface area contributed by atoms with Crippen molar-refractivity contribution in [3.8, 4) is 0 Å². The van der Waals surface area contributed by atoms with Gasteiger partial charge in [-0.1, -0.05) is 12.1 Å². The van der Waals surface area contributed by atoms with E-state index < -0.39 is 23.3 Å². The monoisotopic (exact) mass is 389 g/mol. The van der Waals surface area contributed by atoms with Gasteiger partial charge in [0.2, 0.25) is 0 Å². The van der Waals surface area contributed by atoms with E-state index in [9.17, 15) is 24.2 Å². The zero-order valence-electron chi connectivity index (χ0n) is 15.9. The van der Waals surface area contributed by atoms with E-state index in [-0.39, 0.29) is 31.8 Å². The number of halogens is 1. The Bertz CT molecular complexity index is 880. The fraction of sp³-hybridized carbons (Fsp3) is 0.450. The van der Waals surface area contributed by atoms with Gasteiger partial charge in [0.05, 0.1) is 11.8 Å². The minimum absolute atomic E-state index is 0.000370. The lowest BCUT2D eigenvalue weighted by molar-refractivity contribution is -0.161. The van der Waals surface area contributed by atoms with E-state index >= 15 is 0 Å². The van der Waals surface area contributed by atoms with Crippen molar-refractivity contribution in [2.45, 2.75) is 39.3 Å². The van der Waals surface area contributed by atoms with Crippen LogP contribution in [0.4, 0.5) is 4.39 Å². The highest BCUT2D eigenvalue weighted by molar-refractivity contribution is 5.93. The molecule has 0 bridgehead atoms. The number of hydrogen-bond acceptors (Lipinski definition) is 4. The molecule has 1 aromatic carbocycles. The topological polar surface area (TPSA) is 95.7 Å². The second-order valence-electron chi connectivity index (χ2n) is 7.28. The maximum Gasteiger partial charge on any atom is 0.314 e. The number of aromatic nitrogens is 2.